The molecule has 2 heterocycles. The van der Waals surface area contributed by atoms with Gasteiger partial charge in [0.25, 0.3) is 0 Å². The van der Waals surface area contributed by atoms with Crippen molar-refractivity contribution in [2.45, 2.75) is 19.4 Å². The van der Waals surface area contributed by atoms with Crippen molar-refractivity contribution in [3.63, 3.8) is 0 Å². The minimum absolute atomic E-state index is 0.0160. The van der Waals surface area contributed by atoms with Gasteiger partial charge in [-0.05, 0) is 30.7 Å². The molecule has 1 atom stereocenters. The highest BCUT2D eigenvalue weighted by molar-refractivity contribution is 5.79. The molecule has 1 aromatic heterocycles. The summed E-state index contributed by atoms with van der Waals surface area (Å²) >= 11 is 0. The number of nitrogens with zero attached hydrogens (tertiary/aromatic N) is 2. The lowest BCUT2D eigenvalue weighted by molar-refractivity contribution is -0.133. The molecular formula is C16H19FN4O. The predicted octanol–water partition coefficient (Wildman–Crippen LogP) is 1.57. The fraction of sp³-hybridized carbons (Fsp3) is 0.375. The predicted molar refractivity (Wildman–Crippen MR) is 80.8 cm³/mol. The van der Waals surface area contributed by atoms with Crippen LogP contribution in [0.3, 0.4) is 0 Å². The molecular weight excluding hydrogens is 283 g/mol. The van der Waals surface area contributed by atoms with Crippen LogP contribution in [-0.2, 0) is 11.2 Å². The average Bonchev–Trinajstić information content (AvgIpc) is 2.92. The summed E-state index contributed by atoms with van der Waals surface area (Å²) in [7, 11) is 0. The number of hydrogen-bond donors (Lipinski definition) is 2. The van der Waals surface area contributed by atoms with Gasteiger partial charge in [-0.2, -0.15) is 5.10 Å². The first-order chi connectivity index (χ1) is 10.6. The van der Waals surface area contributed by atoms with Crippen LogP contribution >= 0.6 is 0 Å². The zero-order valence-electron chi connectivity index (χ0n) is 12.5. The van der Waals surface area contributed by atoms with Gasteiger partial charge in [0.15, 0.2) is 0 Å². The number of benzene rings is 1. The molecule has 3 rings (SSSR count). The van der Waals surface area contributed by atoms with Gasteiger partial charge < -0.3 is 10.2 Å². The first kappa shape index (κ1) is 14.7. The van der Waals surface area contributed by atoms with Gasteiger partial charge >= 0.3 is 0 Å². The second-order valence-corrected chi connectivity index (χ2v) is 5.58. The lowest BCUT2D eigenvalue weighted by Crippen LogP contribution is -2.49. The Morgan fingerprint density at radius 1 is 1.45 bits per heavy atom. The maximum atomic E-state index is 13.5. The smallest absolute Gasteiger partial charge is 0.229 e. The summed E-state index contributed by atoms with van der Waals surface area (Å²) in [5, 5.41) is 10.2. The van der Waals surface area contributed by atoms with E-state index in [4.69, 9.17) is 0 Å². The van der Waals surface area contributed by atoms with Crippen LogP contribution in [-0.4, -0.2) is 40.6 Å². The van der Waals surface area contributed by atoms with Gasteiger partial charge in [0.05, 0.1) is 18.2 Å². The molecule has 0 saturated carbocycles. The second kappa shape index (κ2) is 6.27. The number of aryl methyl sites for hydroxylation is 1. The van der Waals surface area contributed by atoms with Crippen LogP contribution in [0.1, 0.15) is 23.0 Å². The summed E-state index contributed by atoms with van der Waals surface area (Å²) in [5.74, 6) is -0.263. The minimum atomic E-state index is -0.279. The van der Waals surface area contributed by atoms with E-state index in [2.05, 4.69) is 15.5 Å². The van der Waals surface area contributed by atoms with Crippen LogP contribution in [0.5, 0.6) is 0 Å². The number of H-pyrrole nitrogens is 1. The van der Waals surface area contributed by atoms with Crippen molar-refractivity contribution in [2.75, 3.05) is 19.6 Å². The molecule has 1 fully saturated rings. The Balaban J connectivity index is 1.78. The fourth-order valence-corrected chi connectivity index (χ4v) is 2.84. The van der Waals surface area contributed by atoms with Crippen molar-refractivity contribution >= 4 is 5.91 Å². The number of piperazine rings is 1. The van der Waals surface area contributed by atoms with E-state index >= 15 is 0 Å². The maximum Gasteiger partial charge on any atom is 0.229 e. The molecule has 1 aromatic carbocycles. The molecule has 0 aliphatic carbocycles. The molecule has 0 bridgehead atoms. The van der Waals surface area contributed by atoms with Gasteiger partial charge in [-0.25, -0.2) is 4.39 Å². The Labute approximate surface area is 128 Å². The first-order valence-corrected chi connectivity index (χ1v) is 7.40. The van der Waals surface area contributed by atoms with Crippen LogP contribution in [0.15, 0.2) is 30.3 Å². The molecule has 22 heavy (non-hydrogen) atoms. The average molecular weight is 302 g/mol. The number of nitrogens with one attached hydrogen (secondary N) is 2. The third-order valence-corrected chi connectivity index (χ3v) is 3.89. The summed E-state index contributed by atoms with van der Waals surface area (Å²) < 4.78 is 13.5. The number of carbonyl (C=O) groups excluding carboxylic acids is 1. The van der Waals surface area contributed by atoms with E-state index < -0.39 is 0 Å². The van der Waals surface area contributed by atoms with Crippen LogP contribution in [0.2, 0.25) is 0 Å². The highest BCUT2D eigenvalue weighted by atomic mass is 19.1. The van der Waals surface area contributed by atoms with E-state index in [1.165, 1.54) is 12.1 Å². The highest BCUT2D eigenvalue weighted by Crippen LogP contribution is 2.23. The number of rotatable bonds is 3. The zero-order valence-corrected chi connectivity index (χ0v) is 12.5. The molecule has 2 aromatic rings. The largest absolute Gasteiger partial charge is 0.333 e. The van der Waals surface area contributed by atoms with Crippen LogP contribution in [0, 0.1) is 12.7 Å². The first-order valence-electron chi connectivity index (χ1n) is 7.40. The molecule has 1 amide bonds. The van der Waals surface area contributed by atoms with Crippen molar-refractivity contribution in [1.29, 1.82) is 0 Å². The topological polar surface area (TPSA) is 61.0 Å². The molecule has 1 saturated heterocycles. The number of halogens is 1. The van der Waals surface area contributed by atoms with Gasteiger partial charge in [0.2, 0.25) is 5.91 Å². The van der Waals surface area contributed by atoms with Gasteiger partial charge in [-0.1, -0.05) is 12.1 Å². The second-order valence-electron chi connectivity index (χ2n) is 5.58. The summed E-state index contributed by atoms with van der Waals surface area (Å²) in [6.07, 6.45) is 0.260. The number of amides is 1. The normalized spacial score (nSPS) is 18.5. The van der Waals surface area contributed by atoms with E-state index in [-0.39, 0.29) is 24.2 Å². The Hall–Kier alpha value is -2.21. The maximum absolute atomic E-state index is 13.5. The van der Waals surface area contributed by atoms with Crippen LogP contribution < -0.4 is 5.32 Å². The van der Waals surface area contributed by atoms with Crippen molar-refractivity contribution in [2.24, 2.45) is 0 Å². The fourth-order valence-electron chi connectivity index (χ4n) is 2.84. The van der Waals surface area contributed by atoms with E-state index in [0.29, 0.717) is 13.1 Å². The van der Waals surface area contributed by atoms with Crippen molar-refractivity contribution < 1.29 is 9.18 Å². The minimum Gasteiger partial charge on any atom is -0.333 e. The number of carbonyl (C=O) groups is 1. The third-order valence-electron chi connectivity index (χ3n) is 3.89. The molecule has 0 radical (unpaired) electrons. The van der Waals surface area contributed by atoms with Crippen molar-refractivity contribution in [3.8, 4) is 0 Å². The van der Waals surface area contributed by atoms with Gasteiger partial charge in [-0.3, -0.25) is 9.89 Å². The highest BCUT2D eigenvalue weighted by Gasteiger charge is 2.28. The van der Waals surface area contributed by atoms with E-state index in [0.717, 1.165) is 23.5 Å². The van der Waals surface area contributed by atoms with Crippen LogP contribution in [0.4, 0.5) is 4.39 Å². The Morgan fingerprint density at radius 3 is 3.05 bits per heavy atom. The van der Waals surface area contributed by atoms with Crippen molar-refractivity contribution in [3.05, 3.63) is 53.1 Å². The monoisotopic (exact) mass is 302 g/mol. The SMILES string of the molecule is Cc1cc(CC(=O)N2CCNCC2c2cccc(F)c2)n[nH]1. The molecule has 5 nitrogen and oxygen atoms in total. The van der Waals surface area contributed by atoms with Gasteiger partial charge in [0, 0.05) is 25.3 Å². The molecule has 1 aliphatic heterocycles. The summed E-state index contributed by atoms with van der Waals surface area (Å²) in [6, 6.07) is 8.18. The summed E-state index contributed by atoms with van der Waals surface area (Å²) in [6.45, 7) is 3.90. The molecule has 6 heteroatoms. The van der Waals surface area contributed by atoms with E-state index in [9.17, 15) is 9.18 Å². The van der Waals surface area contributed by atoms with E-state index in [1.807, 2.05) is 24.0 Å². The summed E-state index contributed by atoms with van der Waals surface area (Å²) in [4.78, 5) is 14.4. The standard InChI is InChI=1S/C16H19FN4O/c1-11-7-14(20-19-11)9-16(22)21-6-5-18-10-15(21)12-3-2-4-13(17)8-12/h2-4,7-8,15,18H,5-6,9-10H2,1H3,(H,19,20). The molecule has 0 spiro atoms. The summed E-state index contributed by atoms with van der Waals surface area (Å²) in [5.41, 5.74) is 2.49. The van der Waals surface area contributed by atoms with Gasteiger partial charge in [0.1, 0.15) is 5.82 Å². The lowest BCUT2D eigenvalue weighted by atomic mass is 10.0. The molecule has 1 unspecified atom stereocenters. The Bertz CT molecular complexity index is 670. The Morgan fingerprint density at radius 2 is 2.32 bits per heavy atom. The number of hydrogen-bond acceptors (Lipinski definition) is 3. The van der Waals surface area contributed by atoms with Crippen LogP contribution in [0.25, 0.3) is 0 Å². The lowest BCUT2D eigenvalue weighted by Gasteiger charge is -2.36. The third kappa shape index (κ3) is 3.17. The zero-order chi connectivity index (χ0) is 15.5. The molecule has 116 valence electrons. The van der Waals surface area contributed by atoms with Gasteiger partial charge in [-0.15, -0.1) is 0 Å². The molecule has 1 aliphatic rings. The quantitative estimate of drug-likeness (QED) is 0.905. The number of aromatic nitrogens is 2. The van der Waals surface area contributed by atoms with E-state index in [1.54, 1.807) is 6.07 Å². The molecule has 2 N–H and O–H groups in total. The Kier molecular flexibility index (Phi) is 4.20. The van der Waals surface area contributed by atoms with Crippen molar-refractivity contribution in [1.82, 2.24) is 20.4 Å². The number of aromatic amines is 1.